The molecule has 2 N–H and O–H groups in total. The third-order valence-electron chi connectivity index (χ3n) is 3.54. The van der Waals surface area contributed by atoms with Crippen molar-refractivity contribution in [3.8, 4) is 0 Å². The zero-order valence-electron chi connectivity index (χ0n) is 11.0. The number of alkyl halides is 2. The van der Waals surface area contributed by atoms with Crippen molar-refractivity contribution < 1.29 is 18.4 Å². The Morgan fingerprint density at radius 3 is 2.00 bits per heavy atom. The van der Waals surface area contributed by atoms with Gasteiger partial charge in [-0.3, -0.25) is 14.5 Å². The van der Waals surface area contributed by atoms with Gasteiger partial charge in [-0.15, -0.1) is 0 Å². The van der Waals surface area contributed by atoms with E-state index < -0.39 is 30.8 Å². The lowest BCUT2D eigenvalue weighted by Crippen LogP contribution is -2.49. The summed E-state index contributed by atoms with van der Waals surface area (Å²) in [6.45, 7) is -1.93. The molecule has 2 amide bonds. The lowest BCUT2D eigenvalue weighted by molar-refractivity contribution is -0.0162. The Bertz CT molecular complexity index is 708. The second kappa shape index (κ2) is 4.60. The van der Waals surface area contributed by atoms with E-state index in [1.54, 1.807) is 24.3 Å². The zero-order chi connectivity index (χ0) is 15.2. The number of nitrogens with zero attached hydrogens (tertiary/aromatic N) is 1. The van der Waals surface area contributed by atoms with Crippen molar-refractivity contribution in [2.24, 2.45) is 5.73 Å². The molecule has 2 aromatic rings. The van der Waals surface area contributed by atoms with Crippen LogP contribution < -0.4 is 5.73 Å². The lowest BCUT2D eigenvalue weighted by atomic mass is 9.94. The van der Waals surface area contributed by atoms with Crippen LogP contribution in [-0.2, 0) is 0 Å². The quantitative estimate of drug-likeness (QED) is 0.880. The summed E-state index contributed by atoms with van der Waals surface area (Å²) in [6, 6.07) is 9.94. The highest BCUT2D eigenvalue weighted by atomic mass is 19.3. The molecule has 1 aliphatic heterocycles. The van der Waals surface area contributed by atoms with E-state index in [0.717, 1.165) is 5.39 Å². The Morgan fingerprint density at radius 1 is 1.00 bits per heavy atom. The van der Waals surface area contributed by atoms with Crippen LogP contribution >= 0.6 is 0 Å². The summed E-state index contributed by atoms with van der Waals surface area (Å²) in [5.74, 6) is -4.72. The van der Waals surface area contributed by atoms with E-state index in [0.29, 0.717) is 10.3 Å². The van der Waals surface area contributed by atoms with Gasteiger partial charge in [-0.25, -0.2) is 8.78 Å². The molecule has 0 radical (unpaired) electrons. The fourth-order valence-corrected chi connectivity index (χ4v) is 2.52. The van der Waals surface area contributed by atoms with Crippen molar-refractivity contribution in [1.82, 2.24) is 4.90 Å². The van der Waals surface area contributed by atoms with Crippen LogP contribution in [0.1, 0.15) is 20.7 Å². The largest absolute Gasteiger partial charge is 0.325 e. The summed E-state index contributed by atoms with van der Waals surface area (Å²) < 4.78 is 27.0. The number of nitrogens with two attached hydrogens (primary N) is 1. The van der Waals surface area contributed by atoms with Crippen LogP contribution in [0.15, 0.2) is 36.4 Å². The first-order chi connectivity index (χ1) is 9.94. The number of rotatable bonds is 3. The fourth-order valence-electron chi connectivity index (χ4n) is 2.52. The van der Waals surface area contributed by atoms with Crippen molar-refractivity contribution in [2.45, 2.75) is 5.92 Å². The molecule has 21 heavy (non-hydrogen) atoms. The maximum atomic E-state index is 13.5. The Balaban J connectivity index is 2.15. The van der Waals surface area contributed by atoms with Crippen LogP contribution in [0.25, 0.3) is 10.8 Å². The van der Waals surface area contributed by atoms with Crippen LogP contribution in [-0.4, -0.2) is 35.7 Å². The third kappa shape index (κ3) is 2.08. The summed E-state index contributed by atoms with van der Waals surface area (Å²) in [5, 5.41) is 1.25. The number of benzene rings is 2. The molecule has 0 atom stereocenters. The van der Waals surface area contributed by atoms with Gasteiger partial charge in [0, 0.05) is 16.5 Å². The first kappa shape index (κ1) is 13.6. The van der Waals surface area contributed by atoms with Gasteiger partial charge in [0.05, 0.1) is 13.1 Å². The van der Waals surface area contributed by atoms with E-state index in [4.69, 9.17) is 5.73 Å². The maximum absolute atomic E-state index is 13.5. The number of carbonyl (C=O) groups is 2. The van der Waals surface area contributed by atoms with Crippen LogP contribution in [0.4, 0.5) is 8.78 Å². The average Bonchev–Trinajstić information content (AvgIpc) is 2.49. The van der Waals surface area contributed by atoms with Crippen LogP contribution in [0.3, 0.4) is 0 Å². The van der Waals surface area contributed by atoms with Gasteiger partial charge < -0.3 is 5.73 Å². The Hall–Kier alpha value is -2.34. The molecule has 4 nitrogen and oxygen atoms in total. The van der Waals surface area contributed by atoms with Crippen molar-refractivity contribution >= 4 is 22.6 Å². The zero-order valence-corrected chi connectivity index (χ0v) is 11.0. The number of hydrogen-bond acceptors (Lipinski definition) is 3. The minimum absolute atomic E-state index is 0.260. The van der Waals surface area contributed by atoms with E-state index in [1.807, 2.05) is 0 Å². The van der Waals surface area contributed by atoms with Crippen molar-refractivity contribution in [3.63, 3.8) is 0 Å². The normalized spacial score (nSPS) is 14.9. The molecule has 0 spiro atoms. The monoisotopic (exact) mass is 290 g/mol. The number of hydrogen-bond donors (Lipinski definition) is 1. The van der Waals surface area contributed by atoms with Gasteiger partial charge in [-0.1, -0.05) is 24.3 Å². The van der Waals surface area contributed by atoms with E-state index in [1.165, 1.54) is 12.1 Å². The first-order valence-corrected chi connectivity index (χ1v) is 6.40. The molecule has 0 fully saturated rings. The second-order valence-electron chi connectivity index (χ2n) is 4.97. The van der Waals surface area contributed by atoms with Gasteiger partial charge in [-0.2, -0.15) is 0 Å². The molecule has 0 aliphatic carbocycles. The van der Waals surface area contributed by atoms with E-state index in [-0.39, 0.29) is 11.1 Å². The average molecular weight is 290 g/mol. The molecule has 1 heterocycles. The standard InChI is InChI=1S/C15H12F2N2O2/c16-15(17,7-18)8-19-13(20)10-5-1-3-9-4-2-6-11(12(9)10)14(19)21/h1-6H,7-8,18H2. The molecular formula is C15H12F2N2O2. The predicted molar refractivity (Wildman–Crippen MR) is 73.3 cm³/mol. The predicted octanol–water partition coefficient (Wildman–Crippen LogP) is 2.03. The Morgan fingerprint density at radius 2 is 1.52 bits per heavy atom. The highest BCUT2D eigenvalue weighted by Crippen LogP contribution is 2.31. The number of amides is 2. The van der Waals surface area contributed by atoms with Crippen LogP contribution in [0.2, 0.25) is 0 Å². The molecule has 3 rings (SSSR count). The summed E-state index contributed by atoms with van der Waals surface area (Å²) in [4.78, 5) is 25.2. The summed E-state index contributed by atoms with van der Waals surface area (Å²) in [5.41, 5.74) is 5.51. The number of imide groups is 1. The summed E-state index contributed by atoms with van der Waals surface area (Å²) in [7, 11) is 0. The molecule has 6 heteroatoms. The molecule has 2 aromatic carbocycles. The molecule has 0 saturated carbocycles. The first-order valence-electron chi connectivity index (χ1n) is 6.40. The van der Waals surface area contributed by atoms with Crippen molar-refractivity contribution in [1.29, 1.82) is 0 Å². The topological polar surface area (TPSA) is 63.4 Å². The maximum Gasteiger partial charge on any atom is 0.277 e. The van der Waals surface area contributed by atoms with Gasteiger partial charge in [0.1, 0.15) is 0 Å². The minimum atomic E-state index is -3.30. The Labute approximate surface area is 119 Å². The molecule has 108 valence electrons. The van der Waals surface area contributed by atoms with Gasteiger partial charge in [0.25, 0.3) is 17.7 Å². The highest BCUT2D eigenvalue weighted by Gasteiger charge is 2.39. The van der Waals surface area contributed by atoms with E-state index in [9.17, 15) is 18.4 Å². The molecule has 0 aromatic heterocycles. The smallest absolute Gasteiger partial charge is 0.277 e. The van der Waals surface area contributed by atoms with Gasteiger partial charge >= 0.3 is 0 Å². The van der Waals surface area contributed by atoms with Gasteiger partial charge in [0.2, 0.25) is 0 Å². The number of carbonyl (C=O) groups excluding carboxylic acids is 2. The lowest BCUT2D eigenvalue weighted by Gasteiger charge is -2.29. The second-order valence-corrected chi connectivity index (χ2v) is 4.97. The van der Waals surface area contributed by atoms with Crippen LogP contribution in [0.5, 0.6) is 0 Å². The molecule has 0 saturated heterocycles. The third-order valence-corrected chi connectivity index (χ3v) is 3.54. The molecule has 0 unspecified atom stereocenters. The van der Waals surface area contributed by atoms with Crippen molar-refractivity contribution in [3.05, 3.63) is 47.5 Å². The van der Waals surface area contributed by atoms with Gasteiger partial charge in [-0.05, 0) is 17.5 Å². The summed E-state index contributed by atoms with van der Waals surface area (Å²) >= 11 is 0. The van der Waals surface area contributed by atoms with Gasteiger partial charge in [0.15, 0.2) is 0 Å². The molecule has 1 aliphatic rings. The number of halogens is 2. The molecular weight excluding hydrogens is 278 g/mol. The SMILES string of the molecule is NCC(F)(F)CN1C(=O)c2cccc3cccc(c23)C1=O. The highest BCUT2D eigenvalue weighted by molar-refractivity contribution is 6.25. The van der Waals surface area contributed by atoms with E-state index >= 15 is 0 Å². The Kier molecular flexibility index (Phi) is 2.98. The fraction of sp³-hybridized carbons (Fsp3) is 0.200. The minimum Gasteiger partial charge on any atom is -0.325 e. The summed E-state index contributed by atoms with van der Waals surface area (Å²) in [6.07, 6.45) is 0. The van der Waals surface area contributed by atoms with Crippen LogP contribution in [0, 0.1) is 0 Å². The van der Waals surface area contributed by atoms with Crippen molar-refractivity contribution in [2.75, 3.05) is 13.1 Å². The molecule has 0 bridgehead atoms. The van der Waals surface area contributed by atoms with E-state index in [2.05, 4.69) is 0 Å².